The molecule has 1 fully saturated rings. The van der Waals surface area contributed by atoms with E-state index in [2.05, 4.69) is 25.4 Å². The number of aryl methyl sites for hydroxylation is 1. The van der Waals surface area contributed by atoms with Crippen molar-refractivity contribution in [3.05, 3.63) is 12.7 Å². The molecule has 22 heavy (non-hydrogen) atoms. The Hall–Kier alpha value is -1.63. The van der Waals surface area contributed by atoms with E-state index in [1.807, 2.05) is 18.7 Å². The van der Waals surface area contributed by atoms with Crippen molar-refractivity contribution in [3.8, 4) is 0 Å². The molecule has 1 aromatic rings. The number of ether oxygens (including phenoxy) is 1. The van der Waals surface area contributed by atoms with Gasteiger partial charge in [0.25, 0.3) is 0 Å². The van der Waals surface area contributed by atoms with Crippen LogP contribution >= 0.6 is 0 Å². The van der Waals surface area contributed by atoms with Gasteiger partial charge in [0.15, 0.2) is 5.96 Å². The number of nitrogens with one attached hydrogen (secondary N) is 1. The highest BCUT2D eigenvalue weighted by Gasteiger charge is 2.21. The molecule has 1 aliphatic rings. The Bertz CT molecular complexity index is 429. The molecule has 0 spiro atoms. The van der Waals surface area contributed by atoms with Crippen molar-refractivity contribution in [1.29, 1.82) is 0 Å². The summed E-state index contributed by atoms with van der Waals surface area (Å²) in [5, 5.41) is 11.0. The summed E-state index contributed by atoms with van der Waals surface area (Å²) in [6.45, 7) is 4.43. The molecular weight excluding hydrogens is 280 g/mol. The summed E-state index contributed by atoms with van der Waals surface area (Å²) in [6.07, 6.45) is 8.37. The highest BCUT2D eigenvalue weighted by atomic mass is 16.5. The van der Waals surface area contributed by atoms with E-state index in [-0.39, 0.29) is 0 Å². The number of aliphatic imine (C=N–C) groups is 1. The first kappa shape index (κ1) is 16.7. The lowest BCUT2D eigenvalue weighted by Crippen LogP contribution is -2.41. The SMILES string of the molecule is CN=C(NCCCCn1cnnc1)N(C)CCOCC1CC1. The van der Waals surface area contributed by atoms with Gasteiger partial charge in [0.2, 0.25) is 0 Å². The second-order valence-corrected chi connectivity index (χ2v) is 5.82. The predicted molar refractivity (Wildman–Crippen MR) is 86.8 cm³/mol. The third kappa shape index (κ3) is 6.43. The van der Waals surface area contributed by atoms with Crippen LogP contribution in [0.25, 0.3) is 0 Å². The lowest BCUT2D eigenvalue weighted by Gasteiger charge is -2.22. The summed E-state index contributed by atoms with van der Waals surface area (Å²) < 4.78 is 7.67. The number of guanidine groups is 1. The molecule has 0 unspecified atom stereocenters. The number of hydrogen-bond acceptors (Lipinski definition) is 4. The van der Waals surface area contributed by atoms with Gasteiger partial charge in [0.1, 0.15) is 12.7 Å². The maximum Gasteiger partial charge on any atom is 0.193 e. The smallest absolute Gasteiger partial charge is 0.193 e. The van der Waals surface area contributed by atoms with Crippen LogP contribution in [0.5, 0.6) is 0 Å². The molecule has 7 heteroatoms. The van der Waals surface area contributed by atoms with Gasteiger partial charge in [-0.05, 0) is 31.6 Å². The normalized spacial score (nSPS) is 15.1. The fraction of sp³-hybridized carbons (Fsp3) is 0.800. The van der Waals surface area contributed by atoms with Crippen molar-refractivity contribution in [2.75, 3.05) is 40.4 Å². The molecule has 0 aliphatic heterocycles. The molecule has 124 valence electrons. The van der Waals surface area contributed by atoms with E-state index in [0.29, 0.717) is 0 Å². The fourth-order valence-corrected chi connectivity index (χ4v) is 2.18. The zero-order chi connectivity index (χ0) is 15.6. The van der Waals surface area contributed by atoms with E-state index in [4.69, 9.17) is 4.74 Å². The van der Waals surface area contributed by atoms with Gasteiger partial charge in [0.05, 0.1) is 6.61 Å². The molecule has 1 heterocycles. The average molecular weight is 308 g/mol. The summed E-state index contributed by atoms with van der Waals surface area (Å²) >= 11 is 0. The summed E-state index contributed by atoms with van der Waals surface area (Å²) in [5.74, 6) is 1.76. The summed E-state index contributed by atoms with van der Waals surface area (Å²) in [6, 6.07) is 0. The van der Waals surface area contributed by atoms with Crippen molar-refractivity contribution in [2.45, 2.75) is 32.2 Å². The number of aromatic nitrogens is 3. The first-order chi connectivity index (χ1) is 10.8. The number of rotatable bonds is 10. The second kappa shape index (κ2) is 9.40. The number of unbranched alkanes of at least 4 members (excludes halogenated alkanes) is 1. The van der Waals surface area contributed by atoms with Crippen molar-refractivity contribution in [3.63, 3.8) is 0 Å². The van der Waals surface area contributed by atoms with Gasteiger partial charge >= 0.3 is 0 Å². The molecule has 1 saturated carbocycles. The Morgan fingerprint density at radius 2 is 2.14 bits per heavy atom. The molecule has 1 N–H and O–H groups in total. The van der Waals surface area contributed by atoms with E-state index in [1.165, 1.54) is 12.8 Å². The van der Waals surface area contributed by atoms with E-state index in [9.17, 15) is 0 Å². The zero-order valence-corrected chi connectivity index (χ0v) is 13.7. The molecule has 7 nitrogen and oxygen atoms in total. The molecule has 2 rings (SSSR count). The molecular formula is C15H28N6O. The van der Waals surface area contributed by atoms with Crippen LogP contribution in [0, 0.1) is 5.92 Å². The molecule has 0 radical (unpaired) electrons. The fourth-order valence-electron chi connectivity index (χ4n) is 2.18. The topological polar surface area (TPSA) is 67.6 Å². The van der Waals surface area contributed by atoms with Gasteiger partial charge in [-0.25, -0.2) is 0 Å². The molecule has 0 saturated heterocycles. The molecule has 1 aromatic heterocycles. The van der Waals surface area contributed by atoms with Crippen molar-refractivity contribution >= 4 is 5.96 Å². The maximum atomic E-state index is 5.67. The maximum absolute atomic E-state index is 5.67. The third-order valence-corrected chi connectivity index (χ3v) is 3.79. The Kier molecular flexibility index (Phi) is 7.15. The minimum absolute atomic E-state index is 0.765. The molecule has 0 aromatic carbocycles. The standard InChI is InChI=1S/C15H28N6O/c1-16-15(20(2)9-10-22-11-14-5-6-14)17-7-3-4-8-21-12-18-19-13-21/h12-14H,3-11H2,1-2H3,(H,16,17). The van der Waals surface area contributed by atoms with Crippen LogP contribution in [0.4, 0.5) is 0 Å². The van der Waals surface area contributed by atoms with E-state index >= 15 is 0 Å². The minimum Gasteiger partial charge on any atom is -0.379 e. The Labute approximate surface area is 132 Å². The lowest BCUT2D eigenvalue weighted by molar-refractivity contribution is 0.115. The van der Waals surface area contributed by atoms with Gasteiger partial charge < -0.3 is 19.5 Å². The number of likely N-dealkylation sites (N-methyl/N-ethyl adjacent to an activating group) is 1. The molecule has 0 amide bonds. The highest BCUT2D eigenvalue weighted by Crippen LogP contribution is 2.28. The Balaban J connectivity index is 1.51. The molecule has 0 atom stereocenters. The molecule has 1 aliphatic carbocycles. The lowest BCUT2D eigenvalue weighted by atomic mass is 10.3. The van der Waals surface area contributed by atoms with Crippen LogP contribution in [0.15, 0.2) is 17.6 Å². The van der Waals surface area contributed by atoms with Crippen molar-refractivity contribution in [2.24, 2.45) is 10.9 Å². The van der Waals surface area contributed by atoms with Crippen LogP contribution in [0.1, 0.15) is 25.7 Å². The van der Waals surface area contributed by atoms with Crippen molar-refractivity contribution in [1.82, 2.24) is 25.0 Å². The predicted octanol–water partition coefficient (Wildman–Crippen LogP) is 0.992. The number of hydrogen-bond donors (Lipinski definition) is 1. The Morgan fingerprint density at radius 3 is 2.82 bits per heavy atom. The molecule has 0 bridgehead atoms. The monoisotopic (exact) mass is 308 g/mol. The van der Waals surface area contributed by atoms with Crippen LogP contribution in [-0.2, 0) is 11.3 Å². The first-order valence-electron chi connectivity index (χ1n) is 8.11. The zero-order valence-electron chi connectivity index (χ0n) is 13.7. The van der Waals surface area contributed by atoms with Gasteiger partial charge in [-0.15, -0.1) is 10.2 Å². The van der Waals surface area contributed by atoms with Crippen LogP contribution in [0.3, 0.4) is 0 Å². The minimum atomic E-state index is 0.765. The van der Waals surface area contributed by atoms with Crippen LogP contribution in [0.2, 0.25) is 0 Å². The highest BCUT2D eigenvalue weighted by molar-refractivity contribution is 5.79. The Morgan fingerprint density at radius 1 is 1.36 bits per heavy atom. The largest absolute Gasteiger partial charge is 0.379 e. The number of nitrogens with zero attached hydrogens (tertiary/aromatic N) is 5. The van der Waals surface area contributed by atoms with Gasteiger partial charge in [-0.1, -0.05) is 0 Å². The van der Waals surface area contributed by atoms with E-state index in [1.54, 1.807) is 12.7 Å². The summed E-state index contributed by atoms with van der Waals surface area (Å²) in [4.78, 5) is 6.43. The van der Waals surface area contributed by atoms with Gasteiger partial charge in [0, 0.05) is 40.3 Å². The summed E-state index contributed by atoms with van der Waals surface area (Å²) in [7, 11) is 3.87. The average Bonchev–Trinajstić information content (AvgIpc) is 3.21. The van der Waals surface area contributed by atoms with E-state index in [0.717, 1.165) is 57.6 Å². The first-order valence-corrected chi connectivity index (χ1v) is 8.11. The second-order valence-electron chi connectivity index (χ2n) is 5.82. The summed E-state index contributed by atoms with van der Waals surface area (Å²) in [5.41, 5.74) is 0. The quantitative estimate of drug-likeness (QED) is 0.397. The van der Waals surface area contributed by atoms with Gasteiger partial charge in [-0.2, -0.15) is 0 Å². The van der Waals surface area contributed by atoms with Crippen LogP contribution in [-0.4, -0.2) is 66.0 Å². The van der Waals surface area contributed by atoms with E-state index < -0.39 is 0 Å². The van der Waals surface area contributed by atoms with Crippen molar-refractivity contribution < 1.29 is 4.74 Å². The third-order valence-electron chi connectivity index (χ3n) is 3.79. The van der Waals surface area contributed by atoms with Gasteiger partial charge in [-0.3, -0.25) is 4.99 Å². The van der Waals surface area contributed by atoms with Crippen LogP contribution < -0.4 is 5.32 Å².